The van der Waals surface area contributed by atoms with E-state index in [0.717, 1.165) is 0 Å². The summed E-state index contributed by atoms with van der Waals surface area (Å²) < 4.78 is 0. The second-order valence-electron chi connectivity index (χ2n) is 3.49. The van der Waals surface area contributed by atoms with Gasteiger partial charge >= 0.3 is 5.97 Å². The van der Waals surface area contributed by atoms with Gasteiger partial charge < -0.3 is 16.2 Å². The van der Waals surface area contributed by atoms with Gasteiger partial charge in [0.1, 0.15) is 5.82 Å². The molecule has 1 aromatic carbocycles. The zero-order valence-corrected chi connectivity index (χ0v) is 8.92. The van der Waals surface area contributed by atoms with Crippen LogP contribution in [0.25, 0.3) is 0 Å². The highest BCUT2D eigenvalue weighted by molar-refractivity contribution is 5.89. The summed E-state index contributed by atoms with van der Waals surface area (Å²) in [6.45, 7) is 0. The van der Waals surface area contributed by atoms with Gasteiger partial charge in [-0.3, -0.25) is 0 Å². The molecule has 0 bridgehead atoms. The Bertz CT molecular complexity index is 538. The summed E-state index contributed by atoms with van der Waals surface area (Å²) in [5.41, 5.74) is 6.99. The number of nitrogen functional groups attached to an aromatic ring is 1. The van der Waals surface area contributed by atoms with Crippen molar-refractivity contribution < 1.29 is 9.90 Å². The molecule has 0 unspecified atom stereocenters. The normalized spacial score (nSPS) is 9.88. The molecule has 5 heteroatoms. The van der Waals surface area contributed by atoms with Crippen molar-refractivity contribution in [2.24, 2.45) is 0 Å². The molecule has 5 nitrogen and oxygen atoms in total. The monoisotopic (exact) mass is 229 g/mol. The number of nitrogens with one attached hydrogen (secondary N) is 1. The highest BCUT2D eigenvalue weighted by atomic mass is 16.4. The number of carbonyl (C=O) groups is 1. The lowest BCUT2D eigenvalue weighted by molar-refractivity contribution is 0.0697. The number of pyridine rings is 1. The second kappa shape index (κ2) is 4.52. The Morgan fingerprint density at radius 1 is 1.29 bits per heavy atom. The minimum absolute atomic E-state index is 0.227. The van der Waals surface area contributed by atoms with E-state index < -0.39 is 5.97 Å². The summed E-state index contributed by atoms with van der Waals surface area (Å²) in [5, 5.41) is 11.8. The molecule has 0 saturated heterocycles. The topological polar surface area (TPSA) is 88.2 Å². The summed E-state index contributed by atoms with van der Waals surface area (Å²) in [7, 11) is 0. The third kappa shape index (κ3) is 2.72. The molecule has 0 saturated carbocycles. The van der Waals surface area contributed by atoms with Gasteiger partial charge in [-0.1, -0.05) is 6.07 Å². The number of carboxylic acid groups (broad SMARTS) is 1. The minimum Gasteiger partial charge on any atom is -0.478 e. The van der Waals surface area contributed by atoms with Crippen LogP contribution in [0.2, 0.25) is 0 Å². The lowest BCUT2D eigenvalue weighted by atomic mass is 10.2. The van der Waals surface area contributed by atoms with Crippen LogP contribution >= 0.6 is 0 Å². The first-order chi connectivity index (χ1) is 8.15. The standard InChI is InChI=1S/C12H11N3O2/c13-9-4-5-11(14-7-9)15-10-3-1-2-8(6-10)12(16)17/h1-7H,13H2,(H,14,15)(H,16,17). The van der Waals surface area contributed by atoms with E-state index in [9.17, 15) is 4.79 Å². The maximum Gasteiger partial charge on any atom is 0.335 e. The molecule has 17 heavy (non-hydrogen) atoms. The Balaban J connectivity index is 2.21. The first kappa shape index (κ1) is 10.9. The van der Waals surface area contributed by atoms with Gasteiger partial charge in [0.2, 0.25) is 0 Å². The number of aromatic nitrogens is 1. The van der Waals surface area contributed by atoms with E-state index in [0.29, 0.717) is 17.2 Å². The third-order valence-electron chi connectivity index (χ3n) is 2.17. The predicted octanol–water partition coefficient (Wildman–Crippen LogP) is 2.11. The highest BCUT2D eigenvalue weighted by Crippen LogP contribution is 2.16. The van der Waals surface area contributed by atoms with Crippen molar-refractivity contribution >= 4 is 23.2 Å². The molecule has 0 atom stereocenters. The zero-order valence-electron chi connectivity index (χ0n) is 8.92. The number of anilines is 3. The van der Waals surface area contributed by atoms with E-state index in [4.69, 9.17) is 10.8 Å². The van der Waals surface area contributed by atoms with Gasteiger partial charge in [-0.15, -0.1) is 0 Å². The fraction of sp³-hybridized carbons (Fsp3) is 0. The van der Waals surface area contributed by atoms with Crippen molar-refractivity contribution in [3.05, 3.63) is 48.2 Å². The van der Waals surface area contributed by atoms with Crippen molar-refractivity contribution in [3.8, 4) is 0 Å². The number of hydrogen-bond donors (Lipinski definition) is 3. The van der Waals surface area contributed by atoms with Gasteiger partial charge in [-0.2, -0.15) is 0 Å². The summed E-state index contributed by atoms with van der Waals surface area (Å²) in [6, 6.07) is 9.96. The van der Waals surface area contributed by atoms with Gasteiger partial charge in [-0.05, 0) is 30.3 Å². The average Bonchev–Trinajstić information content (AvgIpc) is 2.32. The Morgan fingerprint density at radius 3 is 2.76 bits per heavy atom. The molecule has 0 fully saturated rings. The first-order valence-electron chi connectivity index (χ1n) is 4.97. The van der Waals surface area contributed by atoms with Gasteiger partial charge in [0.25, 0.3) is 0 Å². The van der Waals surface area contributed by atoms with E-state index >= 15 is 0 Å². The Morgan fingerprint density at radius 2 is 2.12 bits per heavy atom. The number of aromatic carboxylic acids is 1. The zero-order chi connectivity index (χ0) is 12.3. The maximum absolute atomic E-state index is 10.8. The van der Waals surface area contributed by atoms with E-state index in [1.165, 1.54) is 12.3 Å². The minimum atomic E-state index is -0.959. The smallest absolute Gasteiger partial charge is 0.335 e. The van der Waals surface area contributed by atoms with Gasteiger partial charge in [0.15, 0.2) is 0 Å². The molecule has 0 radical (unpaired) electrons. The molecule has 1 heterocycles. The van der Waals surface area contributed by atoms with E-state index in [1.807, 2.05) is 0 Å². The predicted molar refractivity (Wildman–Crippen MR) is 65.3 cm³/mol. The van der Waals surface area contributed by atoms with Crippen LogP contribution < -0.4 is 11.1 Å². The number of nitrogens with two attached hydrogens (primary N) is 1. The molecule has 0 amide bonds. The molecule has 0 aliphatic carbocycles. The largest absolute Gasteiger partial charge is 0.478 e. The quantitative estimate of drug-likeness (QED) is 0.750. The average molecular weight is 229 g/mol. The molecule has 86 valence electrons. The van der Waals surface area contributed by atoms with E-state index in [2.05, 4.69) is 10.3 Å². The molecule has 2 rings (SSSR count). The Hall–Kier alpha value is -2.56. The molecule has 0 aliphatic heterocycles. The number of benzene rings is 1. The first-order valence-corrected chi connectivity index (χ1v) is 4.97. The molecular weight excluding hydrogens is 218 g/mol. The van der Waals surface area contributed by atoms with Gasteiger partial charge in [0.05, 0.1) is 17.4 Å². The van der Waals surface area contributed by atoms with Crippen LogP contribution in [0.1, 0.15) is 10.4 Å². The van der Waals surface area contributed by atoms with Gasteiger partial charge in [0, 0.05) is 5.69 Å². The molecule has 0 spiro atoms. The lowest BCUT2D eigenvalue weighted by Gasteiger charge is -2.06. The molecule has 2 aromatic rings. The van der Waals surface area contributed by atoms with Crippen molar-refractivity contribution in [3.63, 3.8) is 0 Å². The van der Waals surface area contributed by atoms with Crippen LogP contribution in [0.15, 0.2) is 42.6 Å². The molecule has 1 aromatic heterocycles. The number of carboxylic acids is 1. The number of rotatable bonds is 3. The maximum atomic E-state index is 10.8. The van der Waals surface area contributed by atoms with E-state index in [-0.39, 0.29) is 5.56 Å². The molecule has 4 N–H and O–H groups in total. The fourth-order valence-corrected chi connectivity index (χ4v) is 1.36. The van der Waals surface area contributed by atoms with Crippen LogP contribution in [-0.4, -0.2) is 16.1 Å². The SMILES string of the molecule is Nc1ccc(Nc2cccc(C(=O)O)c2)nc1. The molecular formula is C12H11N3O2. The Kier molecular flexibility index (Phi) is 2.91. The van der Waals surface area contributed by atoms with Crippen molar-refractivity contribution in [2.45, 2.75) is 0 Å². The van der Waals surface area contributed by atoms with Crippen LogP contribution in [0.3, 0.4) is 0 Å². The van der Waals surface area contributed by atoms with Crippen molar-refractivity contribution in [1.82, 2.24) is 4.98 Å². The van der Waals surface area contributed by atoms with E-state index in [1.54, 1.807) is 30.3 Å². The number of hydrogen-bond acceptors (Lipinski definition) is 4. The third-order valence-corrected chi connectivity index (χ3v) is 2.17. The van der Waals surface area contributed by atoms with Crippen LogP contribution in [-0.2, 0) is 0 Å². The second-order valence-corrected chi connectivity index (χ2v) is 3.49. The fourth-order valence-electron chi connectivity index (χ4n) is 1.36. The summed E-state index contributed by atoms with van der Waals surface area (Å²) in [5.74, 6) is -0.347. The summed E-state index contributed by atoms with van der Waals surface area (Å²) in [4.78, 5) is 14.9. The lowest BCUT2D eigenvalue weighted by Crippen LogP contribution is -1.99. The van der Waals surface area contributed by atoms with Crippen molar-refractivity contribution in [2.75, 3.05) is 11.1 Å². The number of nitrogens with zero attached hydrogens (tertiary/aromatic N) is 1. The molecule has 0 aliphatic rings. The summed E-state index contributed by atoms with van der Waals surface area (Å²) in [6.07, 6.45) is 1.53. The van der Waals surface area contributed by atoms with Gasteiger partial charge in [-0.25, -0.2) is 9.78 Å². The highest BCUT2D eigenvalue weighted by Gasteiger charge is 2.03. The van der Waals surface area contributed by atoms with Crippen LogP contribution in [0.4, 0.5) is 17.2 Å². The summed E-state index contributed by atoms with van der Waals surface area (Å²) >= 11 is 0. The van der Waals surface area contributed by atoms with Crippen molar-refractivity contribution in [1.29, 1.82) is 0 Å². The van der Waals surface area contributed by atoms with Crippen LogP contribution in [0, 0.1) is 0 Å². The Labute approximate surface area is 97.9 Å². The van der Waals surface area contributed by atoms with Crippen LogP contribution in [0.5, 0.6) is 0 Å².